The molecule has 0 aliphatic carbocycles. The Hall–Kier alpha value is -1.36. The minimum Gasteiger partial charge on any atom is -0.390 e. The highest BCUT2D eigenvalue weighted by Gasteiger charge is 2.35. The van der Waals surface area contributed by atoms with Gasteiger partial charge in [0.25, 0.3) is 0 Å². The first-order valence-electron chi connectivity index (χ1n) is 5.41. The van der Waals surface area contributed by atoms with Crippen molar-refractivity contribution in [3.63, 3.8) is 0 Å². The van der Waals surface area contributed by atoms with Crippen molar-refractivity contribution in [2.75, 3.05) is 12.3 Å². The number of nitrogens with zero attached hydrogens (tertiary/aromatic N) is 5. The van der Waals surface area contributed by atoms with E-state index < -0.39 is 24.1 Å². The van der Waals surface area contributed by atoms with E-state index in [4.69, 9.17) is 16.0 Å². The Morgan fingerprint density at radius 3 is 3.21 bits per heavy atom. The monoisotopic (exact) mass is 378 g/mol. The molecule has 1 aliphatic rings. The first-order chi connectivity index (χ1) is 9.02. The smallest absolute Gasteiger partial charge is 0.351 e. The molecule has 0 saturated carbocycles. The summed E-state index contributed by atoms with van der Waals surface area (Å²) in [5.74, 6) is 0.158. The van der Waals surface area contributed by atoms with Gasteiger partial charge in [0.1, 0.15) is 12.0 Å². The summed E-state index contributed by atoms with van der Waals surface area (Å²) in [5, 5.41) is 13.1. The minimum atomic E-state index is -0.794. The van der Waals surface area contributed by atoms with Crippen LogP contribution in [0.25, 0.3) is 10.4 Å². The summed E-state index contributed by atoms with van der Waals surface area (Å²) >= 11 is 1.95. The molecule has 2 rings (SSSR count). The number of nitrogen functional groups attached to an aromatic ring is 1. The largest absolute Gasteiger partial charge is 0.390 e. The van der Waals surface area contributed by atoms with Crippen LogP contribution >= 0.6 is 22.6 Å². The fourth-order valence-corrected chi connectivity index (χ4v) is 2.25. The van der Waals surface area contributed by atoms with Crippen LogP contribution in [0.2, 0.25) is 0 Å². The van der Waals surface area contributed by atoms with Gasteiger partial charge in [0, 0.05) is 17.5 Å². The molecule has 0 radical (unpaired) electrons. The fraction of sp³-hybridized carbons (Fsp3) is 0.556. The summed E-state index contributed by atoms with van der Waals surface area (Å²) in [6.07, 6.45) is -0.296. The molecule has 1 aliphatic heterocycles. The van der Waals surface area contributed by atoms with Crippen LogP contribution in [0.5, 0.6) is 0 Å². The second kappa shape index (κ2) is 5.74. The summed E-state index contributed by atoms with van der Waals surface area (Å²) in [5.41, 5.74) is 13.2. The Morgan fingerprint density at radius 1 is 1.79 bits per heavy atom. The quantitative estimate of drug-likeness (QED) is 0.339. The van der Waals surface area contributed by atoms with E-state index in [1.54, 1.807) is 0 Å². The van der Waals surface area contributed by atoms with E-state index in [1.165, 1.54) is 10.8 Å². The van der Waals surface area contributed by atoms with Gasteiger partial charge in [0.2, 0.25) is 0 Å². The number of ether oxygens (including phenoxy) is 1. The van der Waals surface area contributed by atoms with Gasteiger partial charge in [-0.25, -0.2) is 4.79 Å². The highest BCUT2D eigenvalue weighted by atomic mass is 127. The van der Waals surface area contributed by atoms with Gasteiger partial charge >= 0.3 is 5.69 Å². The third kappa shape index (κ3) is 2.97. The molecule has 102 valence electrons. The standard InChI is InChI=1S/C9H11IN6O3/c10-4-3-16(9(18)14-8(4)11)7-1-5(17)6(19-7)2-13-15-12/h3,5-7,17H,1-2H2,(H2,11,14,18)/t5-,6+,7+/m0/s1. The first kappa shape index (κ1) is 14.1. The van der Waals surface area contributed by atoms with E-state index >= 15 is 0 Å². The van der Waals surface area contributed by atoms with Crippen molar-refractivity contribution in [1.82, 2.24) is 9.55 Å². The van der Waals surface area contributed by atoms with Gasteiger partial charge in [0.15, 0.2) is 0 Å². The third-order valence-electron chi connectivity index (χ3n) is 2.77. The highest BCUT2D eigenvalue weighted by molar-refractivity contribution is 14.1. The van der Waals surface area contributed by atoms with Gasteiger partial charge in [-0.1, -0.05) is 5.11 Å². The van der Waals surface area contributed by atoms with E-state index in [0.717, 1.165) is 0 Å². The Morgan fingerprint density at radius 2 is 2.53 bits per heavy atom. The number of anilines is 1. The Labute approximate surface area is 121 Å². The number of rotatable bonds is 3. The maximum atomic E-state index is 11.7. The lowest BCUT2D eigenvalue weighted by Crippen LogP contribution is -2.28. The van der Waals surface area contributed by atoms with E-state index in [0.29, 0.717) is 3.57 Å². The third-order valence-corrected chi connectivity index (χ3v) is 3.60. The van der Waals surface area contributed by atoms with Crippen LogP contribution in [0.15, 0.2) is 16.1 Å². The molecular weight excluding hydrogens is 367 g/mol. The average Bonchev–Trinajstić information content (AvgIpc) is 2.72. The van der Waals surface area contributed by atoms with Crippen molar-refractivity contribution < 1.29 is 9.84 Å². The summed E-state index contributed by atoms with van der Waals surface area (Å²) in [6.45, 7) is 0.0163. The lowest BCUT2D eigenvalue weighted by atomic mass is 10.2. The lowest BCUT2D eigenvalue weighted by Gasteiger charge is -2.15. The Bertz CT molecular complexity index is 584. The molecular formula is C9H11IN6O3. The molecule has 10 heteroatoms. The summed E-state index contributed by atoms with van der Waals surface area (Å²) in [7, 11) is 0. The number of aliphatic hydroxyl groups is 1. The zero-order valence-electron chi connectivity index (χ0n) is 9.68. The van der Waals surface area contributed by atoms with Gasteiger partial charge in [-0.3, -0.25) is 4.57 Å². The predicted octanol–water partition coefficient (Wildman–Crippen LogP) is 0.389. The van der Waals surface area contributed by atoms with Crippen LogP contribution in [-0.2, 0) is 4.74 Å². The molecule has 1 saturated heterocycles. The second-order valence-corrected chi connectivity index (χ2v) is 5.17. The van der Waals surface area contributed by atoms with Crippen LogP contribution in [0.4, 0.5) is 5.82 Å². The van der Waals surface area contributed by atoms with Crippen LogP contribution < -0.4 is 11.4 Å². The Kier molecular flexibility index (Phi) is 4.24. The molecule has 1 aromatic heterocycles. The van der Waals surface area contributed by atoms with E-state index in [9.17, 15) is 9.90 Å². The van der Waals surface area contributed by atoms with Crippen molar-refractivity contribution in [2.24, 2.45) is 5.11 Å². The number of hydrogen-bond donors (Lipinski definition) is 2. The van der Waals surface area contributed by atoms with E-state index in [2.05, 4.69) is 15.0 Å². The van der Waals surface area contributed by atoms with Crippen LogP contribution in [0.1, 0.15) is 12.6 Å². The summed E-state index contributed by atoms with van der Waals surface area (Å²) < 4.78 is 7.40. The molecule has 3 N–H and O–H groups in total. The van der Waals surface area contributed by atoms with Crippen molar-refractivity contribution in [2.45, 2.75) is 24.9 Å². The molecule has 0 unspecified atom stereocenters. The van der Waals surface area contributed by atoms with Gasteiger partial charge in [-0.05, 0) is 28.1 Å². The molecule has 2 heterocycles. The number of hydrogen-bond acceptors (Lipinski definition) is 6. The van der Waals surface area contributed by atoms with Crippen LogP contribution in [-0.4, -0.2) is 33.4 Å². The maximum absolute atomic E-state index is 11.7. The molecule has 1 aromatic rings. The SMILES string of the molecule is [N-]=[N+]=NC[C@H]1O[C@@H](n2cc(I)c(N)nc2=O)C[C@@H]1O. The normalized spacial score (nSPS) is 26.1. The molecule has 0 spiro atoms. The van der Waals surface area contributed by atoms with Gasteiger partial charge < -0.3 is 15.6 Å². The van der Waals surface area contributed by atoms with Crippen LogP contribution in [0.3, 0.4) is 0 Å². The van der Waals surface area contributed by atoms with Gasteiger partial charge in [0.05, 0.1) is 22.3 Å². The minimum absolute atomic E-state index is 0.0163. The van der Waals surface area contributed by atoms with Crippen LogP contribution in [0, 0.1) is 3.57 Å². The summed E-state index contributed by atoms with van der Waals surface area (Å²) in [6, 6.07) is 0. The lowest BCUT2D eigenvalue weighted by molar-refractivity contribution is -0.0150. The number of azide groups is 1. The zero-order chi connectivity index (χ0) is 14.0. The topological polar surface area (TPSA) is 139 Å². The van der Waals surface area contributed by atoms with Crippen molar-refractivity contribution in [3.05, 3.63) is 30.7 Å². The average molecular weight is 378 g/mol. The number of aliphatic hydroxyl groups excluding tert-OH is 1. The van der Waals surface area contributed by atoms with E-state index in [1.807, 2.05) is 22.6 Å². The summed E-state index contributed by atoms with van der Waals surface area (Å²) in [4.78, 5) is 18.0. The predicted molar refractivity (Wildman–Crippen MR) is 74.2 cm³/mol. The number of halogens is 1. The molecule has 0 aromatic carbocycles. The maximum Gasteiger partial charge on any atom is 0.351 e. The van der Waals surface area contributed by atoms with Crippen molar-refractivity contribution >= 4 is 28.4 Å². The van der Waals surface area contributed by atoms with Crippen molar-refractivity contribution in [3.8, 4) is 0 Å². The second-order valence-electron chi connectivity index (χ2n) is 4.01. The molecule has 1 fully saturated rings. The first-order valence-corrected chi connectivity index (χ1v) is 6.49. The molecule has 9 nitrogen and oxygen atoms in total. The van der Waals surface area contributed by atoms with Crippen molar-refractivity contribution in [1.29, 1.82) is 0 Å². The molecule has 0 bridgehead atoms. The number of aromatic nitrogens is 2. The molecule has 3 atom stereocenters. The zero-order valence-corrected chi connectivity index (χ0v) is 11.8. The molecule has 19 heavy (non-hydrogen) atoms. The van der Waals surface area contributed by atoms with Gasteiger partial charge in [-0.2, -0.15) is 4.98 Å². The molecule has 0 amide bonds. The van der Waals surface area contributed by atoms with Gasteiger partial charge in [-0.15, -0.1) is 0 Å². The highest BCUT2D eigenvalue weighted by Crippen LogP contribution is 2.28. The van der Waals surface area contributed by atoms with E-state index in [-0.39, 0.29) is 18.8 Å². The number of nitrogens with two attached hydrogens (primary N) is 1. The fourth-order valence-electron chi connectivity index (χ4n) is 1.83. The Balaban J connectivity index is 2.23.